The first-order valence-electron chi connectivity index (χ1n) is 9.67. The van der Waals surface area contributed by atoms with Gasteiger partial charge in [0.2, 0.25) is 0 Å². The summed E-state index contributed by atoms with van der Waals surface area (Å²) in [6.07, 6.45) is 1.63. The van der Waals surface area contributed by atoms with Crippen molar-refractivity contribution < 1.29 is 4.79 Å². The third-order valence-electron chi connectivity index (χ3n) is 5.31. The smallest absolute Gasteiger partial charge is 0.266 e. The molecule has 0 atom stereocenters. The number of anilines is 1. The number of benzene rings is 2. The Morgan fingerprint density at radius 1 is 1.00 bits per heavy atom. The van der Waals surface area contributed by atoms with E-state index in [0.717, 1.165) is 28.2 Å². The molecule has 0 bridgehead atoms. The molecule has 0 aliphatic rings. The Kier molecular flexibility index (Phi) is 6.14. The van der Waals surface area contributed by atoms with Gasteiger partial charge in [-0.1, -0.05) is 23.7 Å². The van der Waals surface area contributed by atoms with E-state index in [2.05, 4.69) is 41.9 Å². The van der Waals surface area contributed by atoms with Crippen molar-refractivity contribution in [3.63, 3.8) is 0 Å². The molecule has 2 aromatic carbocycles. The zero-order valence-electron chi connectivity index (χ0n) is 17.8. The summed E-state index contributed by atoms with van der Waals surface area (Å²) in [5, 5.41) is 12.9. The molecule has 30 heavy (non-hydrogen) atoms. The first kappa shape index (κ1) is 21.4. The van der Waals surface area contributed by atoms with Crippen LogP contribution in [-0.2, 0) is 4.79 Å². The summed E-state index contributed by atoms with van der Waals surface area (Å²) in [4.78, 5) is 12.6. The number of amides is 1. The van der Waals surface area contributed by atoms with Crippen LogP contribution in [0.5, 0.6) is 0 Å². The normalized spacial score (nSPS) is 11.3. The second kappa shape index (κ2) is 8.61. The molecule has 3 aromatic rings. The van der Waals surface area contributed by atoms with E-state index in [9.17, 15) is 10.1 Å². The number of nitrogens with one attached hydrogen (secondary N) is 1. The van der Waals surface area contributed by atoms with Crippen molar-refractivity contribution in [1.82, 2.24) is 4.57 Å². The van der Waals surface area contributed by atoms with E-state index in [1.54, 1.807) is 18.2 Å². The molecule has 4 nitrogen and oxygen atoms in total. The third kappa shape index (κ3) is 4.32. The van der Waals surface area contributed by atoms with Crippen molar-refractivity contribution in [2.45, 2.75) is 34.6 Å². The van der Waals surface area contributed by atoms with Crippen molar-refractivity contribution in [1.29, 1.82) is 5.26 Å². The molecule has 3 rings (SSSR count). The van der Waals surface area contributed by atoms with Gasteiger partial charge in [-0.15, -0.1) is 0 Å². The molecule has 1 heterocycles. The Balaban J connectivity index is 1.94. The molecule has 0 unspecified atom stereocenters. The predicted molar refractivity (Wildman–Crippen MR) is 123 cm³/mol. The van der Waals surface area contributed by atoms with E-state index >= 15 is 0 Å². The van der Waals surface area contributed by atoms with Crippen LogP contribution in [-0.4, -0.2) is 10.5 Å². The number of hydrogen-bond donors (Lipinski definition) is 1. The highest BCUT2D eigenvalue weighted by Crippen LogP contribution is 2.25. The van der Waals surface area contributed by atoms with E-state index in [1.165, 1.54) is 11.1 Å². The number of aromatic nitrogens is 1. The van der Waals surface area contributed by atoms with E-state index < -0.39 is 5.91 Å². The topological polar surface area (TPSA) is 57.8 Å². The van der Waals surface area contributed by atoms with Crippen molar-refractivity contribution in [3.8, 4) is 11.8 Å². The fourth-order valence-electron chi connectivity index (χ4n) is 3.37. The van der Waals surface area contributed by atoms with Gasteiger partial charge in [0.1, 0.15) is 11.6 Å². The second-order valence-corrected chi connectivity index (χ2v) is 7.93. The van der Waals surface area contributed by atoms with Crippen molar-refractivity contribution in [2.24, 2.45) is 0 Å². The van der Waals surface area contributed by atoms with Gasteiger partial charge in [0, 0.05) is 27.8 Å². The van der Waals surface area contributed by atoms with Crippen LogP contribution in [0.4, 0.5) is 5.69 Å². The number of nitriles is 1. The van der Waals surface area contributed by atoms with Crippen molar-refractivity contribution in [2.75, 3.05) is 5.32 Å². The summed E-state index contributed by atoms with van der Waals surface area (Å²) >= 11 is 6.13. The van der Waals surface area contributed by atoms with Gasteiger partial charge < -0.3 is 9.88 Å². The molecule has 0 aliphatic carbocycles. The Bertz CT molecular complexity index is 1210. The van der Waals surface area contributed by atoms with E-state index in [4.69, 9.17) is 11.6 Å². The molecule has 0 spiro atoms. The molecular formula is C25H24ClN3O. The van der Waals surface area contributed by atoms with Crippen molar-refractivity contribution in [3.05, 3.63) is 86.7 Å². The maximum Gasteiger partial charge on any atom is 0.266 e. The molecule has 0 saturated carbocycles. The van der Waals surface area contributed by atoms with Gasteiger partial charge in [-0.3, -0.25) is 4.79 Å². The fourth-order valence-corrected chi connectivity index (χ4v) is 3.55. The lowest BCUT2D eigenvalue weighted by Gasteiger charge is -2.12. The van der Waals surface area contributed by atoms with Crippen LogP contribution >= 0.6 is 11.6 Å². The molecule has 0 fully saturated rings. The highest BCUT2D eigenvalue weighted by atomic mass is 35.5. The zero-order valence-corrected chi connectivity index (χ0v) is 18.6. The SMILES string of the molecule is Cc1ccc(-n2c(C)cc(/C=C(\C#N)C(=O)Nc3ccc(C)c(Cl)c3)c2C)cc1C. The minimum absolute atomic E-state index is 0.0343. The van der Waals surface area contributed by atoms with Crippen LogP contribution in [0.2, 0.25) is 5.02 Å². The average molecular weight is 418 g/mol. The lowest BCUT2D eigenvalue weighted by Crippen LogP contribution is -2.13. The number of carbonyl (C=O) groups is 1. The first-order valence-corrected chi connectivity index (χ1v) is 10.0. The van der Waals surface area contributed by atoms with Gasteiger partial charge in [0.05, 0.1) is 0 Å². The molecule has 1 N–H and O–H groups in total. The van der Waals surface area contributed by atoms with Crippen LogP contribution in [0.25, 0.3) is 11.8 Å². The summed E-state index contributed by atoms with van der Waals surface area (Å²) in [5.74, 6) is -0.464. The average Bonchev–Trinajstić information content (AvgIpc) is 2.98. The summed E-state index contributed by atoms with van der Waals surface area (Å²) in [6, 6.07) is 15.6. The summed E-state index contributed by atoms with van der Waals surface area (Å²) in [6.45, 7) is 10.1. The van der Waals surface area contributed by atoms with Gasteiger partial charge in [-0.2, -0.15) is 5.26 Å². The quantitative estimate of drug-likeness (QED) is 0.404. The van der Waals surface area contributed by atoms with Gasteiger partial charge in [-0.05, 0) is 93.3 Å². The Labute approximate surface area is 182 Å². The highest BCUT2D eigenvalue weighted by molar-refractivity contribution is 6.31. The van der Waals surface area contributed by atoms with Crippen molar-refractivity contribution >= 4 is 29.3 Å². The second-order valence-electron chi connectivity index (χ2n) is 7.52. The minimum Gasteiger partial charge on any atom is -0.321 e. The fraction of sp³-hybridized carbons (Fsp3) is 0.200. The predicted octanol–water partition coefficient (Wildman–Crippen LogP) is 6.22. The van der Waals surface area contributed by atoms with E-state index in [1.807, 2.05) is 39.0 Å². The number of halogens is 1. The lowest BCUT2D eigenvalue weighted by molar-refractivity contribution is -0.112. The monoisotopic (exact) mass is 417 g/mol. The van der Waals surface area contributed by atoms with Gasteiger partial charge in [0.25, 0.3) is 5.91 Å². The van der Waals surface area contributed by atoms with Crippen LogP contribution in [0.3, 0.4) is 0 Å². The standard InChI is InChI=1S/C25H24ClN3O/c1-15-7-9-23(10-17(15)3)29-18(4)11-20(19(29)5)12-21(14-27)25(30)28-22-8-6-16(2)24(26)13-22/h6-13H,1-5H3,(H,28,30)/b21-12+. The minimum atomic E-state index is -0.464. The Morgan fingerprint density at radius 3 is 2.33 bits per heavy atom. The molecule has 0 aliphatic heterocycles. The Morgan fingerprint density at radius 2 is 1.70 bits per heavy atom. The zero-order chi connectivity index (χ0) is 22.0. The van der Waals surface area contributed by atoms with Gasteiger partial charge >= 0.3 is 0 Å². The highest BCUT2D eigenvalue weighted by Gasteiger charge is 2.14. The lowest BCUT2D eigenvalue weighted by atomic mass is 10.1. The van der Waals surface area contributed by atoms with Crippen LogP contribution < -0.4 is 5.32 Å². The molecular weight excluding hydrogens is 394 g/mol. The third-order valence-corrected chi connectivity index (χ3v) is 5.72. The summed E-state index contributed by atoms with van der Waals surface area (Å²) in [7, 11) is 0. The summed E-state index contributed by atoms with van der Waals surface area (Å²) < 4.78 is 2.13. The maximum absolute atomic E-state index is 12.6. The van der Waals surface area contributed by atoms with Crippen LogP contribution in [0, 0.1) is 45.9 Å². The molecule has 1 aromatic heterocycles. The molecule has 152 valence electrons. The number of hydrogen-bond acceptors (Lipinski definition) is 2. The van der Waals surface area contributed by atoms with Gasteiger partial charge in [-0.25, -0.2) is 0 Å². The van der Waals surface area contributed by atoms with E-state index in [-0.39, 0.29) is 5.57 Å². The number of carbonyl (C=O) groups excluding carboxylic acids is 1. The molecule has 5 heteroatoms. The molecule has 1 amide bonds. The maximum atomic E-state index is 12.6. The van der Waals surface area contributed by atoms with E-state index in [0.29, 0.717) is 10.7 Å². The largest absolute Gasteiger partial charge is 0.321 e. The van der Waals surface area contributed by atoms with Crippen LogP contribution in [0.1, 0.15) is 33.6 Å². The number of aryl methyl sites for hydroxylation is 4. The molecule has 0 saturated heterocycles. The number of rotatable bonds is 4. The number of nitrogens with zero attached hydrogens (tertiary/aromatic N) is 2. The Hall–Kier alpha value is -3.29. The summed E-state index contributed by atoms with van der Waals surface area (Å²) in [5.41, 5.74) is 7.85. The first-order chi connectivity index (χ1) is 14.2. The van der Waals surface area contributed by atoms with Gasteiger partial charge in [0.15, 0.2) is 0 Å². The molecule has 0 radical (unpaired) electrons. The van der Waals surface area contributed by atoms with Crippen LogP contribution in [0.15, 0.2) is 48.0 Å².